The molecule has 3 nitrogen and oxygen atoms in total. The van der Waals surface area contributed by atoms with Crippen LogP contribution in [-0.2, 0) is 4.79 Å². The monoisotopic (exact) mass is 293 g/mol. The van der Waals surface area contributed by atoms with Crippen LogP contribution >= 0.6 is 11.8 Å². The van der Waals surface area contributed by atoms with Gasteiger partial charge >= 0.3 is 5.97 Å². The quantitative estimate of drug-likeness (QED) is 0.844. The summed E-state index contributed by atoms with van der Waals surface area (Å²) < 4.78 is 0. The second-order valence-electron chi connectivity index (χ2n) is 6.14. The molecule has 3 N–H and O–H groups in total. The third-order valence-electron chi connectivity index (χ3n) is 4.08. The lowest BCUT2D eigenvalue weighted by Crippen LogP contribution is -2.41. The van der Waals surface area contributed by atoms with Gasteiger partial charge < -0.3 is 10.8 Å². The van der Waals surface area contributed by atoms with Crippen molar-refractivity contribution in [3.63, 3.8) is 0 Å². The molecule has 0 aliphatic carbocycles. The first kappa shape index (κ1) is 15.4. The average molecular weight is 293 g/mol. The molecule has 0 saturated carbocycles. The highest BCUT2D eigenvalue weighted by Crippen LogP contribution is 2.46. The van der Waals surface area contributed by atoms with Crippen LogP contribution in [0.4, 0.5) is 0 Å². The zero-order valence-corrected chi connectivity index (χ0v) is 13.0. The summed E-state index contributed by atoms with van der Waals surface area (Å²) in [5, 5.41) is 9.69. The minimum absolute atomic E-state index is 0.212. The Morgan fingerprint density at radius 1 is 1.50 bits per heavy atom. The molecule has 2 rings (SSSR count). The molecule has 0 aromatic heterocycles. The zero-order valence-electron chi connectivity index (χ0n) is 12.1. The molecule has 0 spiro atoms. The highest BCUT2D eigenvalue weighted by molar-refractivity contribution is 7.99. The molecule has 2 unspecified atom stereocenters. The van der Waals surface area contributed by atoms with Crippen LogP contribution in [-0.4, -0.2) is 23.4 Å². The van der Waals surface area contributed by atoms with Gasteiger partial charge in [0.05, 0.1) is 5.41 Å². The van der Waals surface area contributed by atoms with E-state index in [9.17, 15) is 9.90 Å². The first-order chi connectivity index (χ1) is 9.48. The van der Waals surface area contributed by atoms with Gasteiger partial charge in [-0.3, -0.25) is 4.79 Å². The van der Waals surface area contributed by atoms with Crippen molar-refractivity contribution in [2.75, 3.05) is 12.3 Å². The first-order valence-corrected chi connectivity index (χ1v) is 8.12. The van der Waals surface area contributed by atoms with Crippen LogP contribution in [0.25, 0.3) is 0 Å². The number of hydrogen-bond donors (Lipinski definition) is 2. The third-order valence-corrected chi connectivity index (χ3v) is 5.33. The predicted octanol–water partition coefficient (Wildman–Crippen LogP) is 3.34. The normalized spacial score (nSPS) is 20.7. The molecule has 0 fully saturated rings. The average Bonchev–Trinajstić information content (AvgIpc) is 2.80. The van der Waals surface area contributed by atoms with E-state index >= 15 is 0 Å². The first-order valence-electron chi connectivity index (χ1n) is 7.13. The molecular weight excluding hydrogens is 270 g/mol. The van der Waals surface area contributed by atoms with E-state index in [2.05, 4.69) is 26.0 Å². The Labute approximate surface area is 124 Å². The summed E-state index contributed by atoms with van der Waals surface area (Å²) in [6.07, 6.45) is 1.28. The maximum absolute atomic E-state index is 11.8. The SMILES string of the molecule is CC(C)CC(CN)(CC1CSc2ccccc21)C(=O)O. The molecule has 0 bridgehead atoms. The number of nitrogens with two attached hydrogens (primary N) is 1. The Morgan fingerprint density at radius 2 is 2.20 bits per heavy atom. The minimum Gasteiger partial charge on any atom is -0.481 e. The van der Waals surface area contributed by atoms with Gasteiger partial charge in [-0.1, -0.05) is 32.0 Å². The maximum Gasteiger partial charge on any atom is 0.310 e. The molecule has 110 valence electrons. The number of rotatable bonds is 6. The fourth-order valence-corrected chi connectivity index (χ4v) is 4.42. The van der Waals surface area contributed by atoms with Crippen molar-refractivity contribution in [1.82, 2.24) is 0 Å². The molecule has 0 radical (unpaired) electrons. The van der Waals surface area contributed by atoms with Gasteiger partial charge in [-0.2, -0.15) is 0 Å². The number of thioether (sulfide) groups is 1. The van der Waals surface area contributed by atoms with E-state index in [0.717, 1.165) is 5.75 Å². The molecule has 0 amide bonds. The molecule has 20 heavy (non-hydrogen) atoms. The van der Waals surface area contributed by atoms with Crippen LogP contribution in [0.5, 0.6) is 0 Å². The second-order valence-corrected chi connectivity index (χ2v) is 7.20. The molecular formula is C16H23NO2S. The van der Waals surface area contributed by atoms with Crippen molar-refractivity contribution >= 4 is 17.7 Å². The van der Waals surface area contributed by atoms with Crippen molar-refractivity contribution in [1.29, 1.82) is 0 Å². The minimum atomic E-state index is -0.795. The summed E-state index contributed by atoms with van der Waals surface area (Å²) in [5.41, 5.74) is 6.36. The Bertz CT molecular complexity index is 489. The number of aliphatic carboxylic acids is 1. The van der Waals surface area contributed by atoms with Crippen LogP contribution in [0.1, 0.15) is 38.2 Å². The molecule has 1 aromatic carbocycles. The molecule has 0 saturated heterocycles. The summed E-state index contributed by atoms with van der Waals surface area (Å²) >= 11 is 1.82. The van der Waals surface area contributed by atoms with Gasteiger partial charge in [0.1, 0.15) is 0 Å². The van der Waals surface area contributed by atoms with Gasteiger partial charge in [-0.05, 0) is 36.3 Å². The molecule has 1 aliphatic rings. The largest absolute Gasteiger partial charge is 0.481 e. The standard InChI is InChI=1S/C16H23NO2S/c1-11(2)7-16(10-17,15(18)19)8-12-9-20-14-6-4-3-5-13(12)14/h3-6,11-12H,7-10,17H2,1-2H3,(H,18,19). The van der Waals surface area contributed by atoms with Gasteiger partial charge in [0.2, 0.25) is 0 Å². The van der Waals surface area contributed by atoms with E-state index in [1.165, 1.54) is 10.5 Å². The maximum atomic E-state index is 11.8. The highest BCUT2D eigenvalue weighted by Gasteiger charge is 2.41. The summed E-state index contributed by atoms with van der Waals surface area (Å²) in [5.74, 6) is 0.851. The Kier molecular flexibility index (Phi) is 4.76. The molecule has 1 aliphatic heterocycles. The Morgan fingerprint density at radius 3 is 2.80 bits per heavy atom. The number of hydrogen-bond acceptors (Lipinski definition) is 3. The number of carbonyl (C=O) groups is 1. The van der Waals surface area contributed by atoms with Gasteiger partial charge in [-0.25, -0.2) is 0 Å². The topological polar surface area (TPSA) is 63.3 Å². The smallest absolute Gasteiger partial charge is 0.310 e. The highest BCUT2D eigenvalue weighted by atomic mass is 32.2. The van der Waals surface area contributed by atoms with E-state index in [1.807, 2.05) is 23.9 Å². The predicted molar refractivity (Wildman–Crippen MR) is 83.1 cm³/mol. The lowest BCUT2D eigenvalue weighted by molar-refractivity contribution is -0.150. The van der Waals surface area contributed by atoms with E-state index in [4.69, 9.17) is 5.73 Å². The van der Waals surface area contributed by atoms with Crippen molar-refractivity contribution < 1.29 is 9.90 Å². The van der Waals surface area contributed by atoms with Gasteiger partial charge in [-0.15, -0.1) is 11.8 Å². The summed E-state index contributed by atoms with van der Waals surface area (Å²) in [7, 11) is 0. The van der Waals surface area contributed by atoms with Crippen molar-refractivity contribution in [3.05, 3.63) is 29.8 Å². The zero-order chi connectivity index (χ0) is 14.8. The van der Waals surface area contributed by atoms with Crippen molar-refractivity contribution in [3.8, 4) is 0 Å². The molecule has 2 atom stereocenters. The van der Waals surface area contributed by atoms with Gasteiger partial charge in [0.15, 0.2) is 0 Å². The van der Waals surface area contributed by atoms with E-state index in [-0.39, 0.29) is 6.54 Å². The van der Waals surface area contributed by atoms with Crippen LogP contribution < -0.4 is 5.73 Å². The fraction of sp³-hybridized carbons (Fsp3) is 0.562. The molecule has 1 aromatic rings. The lowest BCUT2D eigenvalue weighted by atomic mass is 9.72. The van der Waals surface area contributed by atoms with E-state index in [1.54, 1.807) is 0 Å². The number of carboxylic acid groups (broad SMARTS) is 1. The Hall–Kier alpha value is -1.00. The number of fused-ring (bicyclic) bond motifs is 1. The van der Waals surface area contributed by atoms with E-state index < -0.39 is 11.4 Å². The third kappa shape index (κ3) is 3.01. The fourth-order valence-electron chi connectivity index (χ4n) is 3.16. The van der Waals surface area contributed by atoms with Crippen molar-refractivity contribution in [2.45, 2.75) is 37.5 Å². The van der Waals surface area contributed by atoms with Gasteiger partial charge in [0.25, 0.3) is 0 Å². The number of benzene rings is 1. The van der Waals surface area contributed by atoms with Crippen LogP contribution in [0.3, 0.4) is 0 Å². The van der Waals surface area contributed by atoms with Crippen LogP contribution in [0.15, 0.2) is 29.2 Å². The lowest BCUT2D eigenvalue weighted by Gasteiger charge is -2.32. The Balaban J connectivity index is 2.23. The van der Waals surface area contributed by atoms with Crippen LogP contribution in [0, 0.1) is 11.3 Å². The second kappa shape index (κ2) is 6.19. The summed E-state index contributed by atoms with van der Waals surface area (Å²) in [6.45, 7) is 4.33. The van der Waals surface area contributed by atoms with Gasteiger partial charge in [0, 0.05) is 17.2 Å². The van der Waals surface area contributed by atoms with E-state index in [0.29, 0.717) is 24.7 Å². The molecule has 1 heterocycles. The summed E-state index contributed by atoms with van der Waals surface area (Å²) in [4.78, 5) is 13.1. The number of carboxylic acids is 1. The summed E-state index contributed by atoms with van der Waals surface area (Å²) in [6, 6.07) is 8.31. The molecule has 4 heteroatoms. The van der Waals surface area contributed by atoms with Crippen LogP contribution in [0.2, 0.25) is 0 Å². The van der Waals surface area contributed by atoms with Crippen molar-refractivity contribution in [2.24, 2.45) is 17.1 Å².